The number of nitrogens with one attached hydrogen (secondary N) is 2. The van der Waals surface area contributed by atoms with Crippen LogP contribution in [0.3, 0.4) is 0 Å². The number of hydrogen-bond acceptors (Lipinski definition) is 2. The van der Waals surface area contributed by atoms with E-state index in [1.807, 2.05) is 42.6 Å². The predicted molar refractivity (Wildman–Crippen MR) is 91.8 cm³/mol. The Hall–Kier alpha value is -2.75. The van der Waals surface area contributed by atoms with Crippen molar-refractivity contribution in [2.75, 3.05) is 13.7 Å². The molecule has 4 nitrogen and oxygen atoms in total. The van der Waals surface area contributed by atoms with Gasteiger partial charge in [-0.25, -0.2) is 0 Å². The molecule has 3 rings (SSSR count). The molecule has 3 aromatic rings. The van der Waals surface area contributed by atoms with Gasteiger partial charge in [0.2, 0.25) is 5.91 Å². The first-order valence-electron chi connectivity index (χ1n) is 7.63. The fraction of sp³-hybridized carbons (Fsp3) is 0.211. The summed E-state index contributed by atoms with van der Waals surface area (Å²) in [6.45, 7) is 2.10. The molecule has 0 bridgehead atoms. The van der Waals surface area contributed by atoms with Gasteiger partial charge in [0.15, 0.2) is 0 Å². The van der Waals surface area contributed by atoms with Crippen molar-refractivity contribution < 1.29 is 9.53 Å². The maximum absolute atomic E-state index is 11.4. The van der Waals surface area contributed by atoms with Gasteiger partial charge in [-0.1, -0.05) is 30.3 Å². The Morgan fingerprint density at radius 2 is 1.91 bits per heavy atom. The van der Waals surface area contributed by atoms with Crippen LogP contribution in [0, 0.1) is 0 Å². The van der Waals surface area contributed by atoms with E-state index < -0.39 is 0 Å². The third-order valence-electron chi connectivity index (χ3n) is 4.07. The molecule has 0 aliphatic rings. The van der Waals surface area contributed by atoms with Gasteiger partial charge < -0.3 is 15.0 Å². The molecule has 0 saturated carbocycles. The Bertz CT molecular complexity index is 806. The van der Waals surface area contributed by atoms with Gasteiger partial charge >= 0.3 is 0 Å². The van der Waals surface area contributed by atoms with Crippen LogP contribution in [-0.4, -0.2) is 24.5 Å². The van der Waals surface area contributed by atoms with Crippen LogP contribution in [0.15, 0.2) is 54.7 Å². The quantitative estimate of drug-likeness (QED) is 0.758. The van der Waals surface area contributed by atoms with Crippen LogP contribution >= 0.6 is 0 Å². The second-order valence-electron chi connectivity index (χ2n) is 5.55. The lowest BCUT2D eigenvalue weighted by Crippen LogP contribution is -2.26. The van der Waals surface area contributed by atoms with Crippen molar-refractivity contribution in [3.05, 3.63) is 65.9 Å². The van der Waals surface area contributed by atoms with Crippen LogP contribution in [-0.2, 0) is 4.79 Å². The fourth-order valence-electron chi connectivity index (χ4n) is 2.87. The van der Waals surface area contributed by atoms with Gasteiger partial charge in [-0.05, 0) is 29.3 Å². The average molecular weight is 308 g/mol. The number of para-hydroxylation sites is 1. The highest BCUT2D eigenvalue weighted by atomic mass is 16.5. The number of amides is 1. The molecular formula is C19H20N2O2. The zero-order valence-corrected chi connectivity index (χ0v) is 13.3. The summed E-state index contributed by atoms with van der Waals surface area (Å²) in [5, 5.41) is 4.12. The van der Waals surface area contributed by atoms with E-state index >= 15 is 0 Å². The number of aromatic nitrogens is 1. The summed E-state index contributed by atoms with van der Waals surface area (Å²) in [6.07, 6.45) is 2.03. The van der Waals surface area contributed by atoms with Gasteiger partial charge in [0.25, 0.3) is 0 Å². The lowest BCUT2D eigenvalue weighted by Gasteiger charge is -2.18. The van der Waals surface area contributed by atoms with Gasteiger partial charge in [0, 0.05) is 36.5 Å². The van der Waals surface area contributed by atoms with E-state index in [1.165, 1.54) is 10.9 Å². The number of carbonyl (C=O) groups is 1. The number of carbonyl (C=O) groups excluding carboxylic acids is 1. The number of rotatable bonds is 5. The predicted octanol–water partition coefficient (Wildman–Crippen LogP) is 3.44. The first kappa shape index (κ1) is 15.2. The van der Waals surface area contributed by atoms with Crippen LogP contribution in [0.5, 0.6) is 5.75 Å². The first-order valence-corrected chi connectivity index (χ1v) is 7.63. The third kappa shape index (κ3) is 3.21. The minimum atomic E-state index is -0.0247. The summed E-state index contributed by atoms with van der Waals surface area (Å²) in [6, 6.07) is 16.2. The van der Waals surface area contributed by atoms with Crippen LogP contribution in [0.4, 0.5) is 0 Å². The van der Waals surface area contributed by atoms with Crippen molar-refractivity contribution in [1.82, 2.24) is 10.3 Å². The van der Waals surface area contributed by atoms with Crippen molar-refractivity contribution in [3.63, 3.8) is 0 Å². The lowest BCUT2D eigenvalue weighted by molar-refractivity contribution is -0.118. The number of methoxy groups -OCH3 is 1. The zero-order valence-electron chi connectivity index (χ0n) is 13.3. The monoisotopic (exact) mass is 308 g/mol. The molecule has 1 heterocycles. The molecule has 1 amide bonds. The highest BCUT2D eigenvalue weighted by molar-refractivity contribution is 5.84. The molecular weight excluding hydrogens is 288 g/mol. The molecule has 1 atom stereocenters. The molecule has 4 heteroatoms. The topological polar surface area (TPSA) is 54.1 Å². The maximum Gasteiger partial charge on any atom is 0.216 e. The molecule has 23 heavy (non-hydrogen) atoms. The number of fused-ring (bicyclic) bond motifs is 1. The molecule has 2 aromatic carbocycles. The van der Waals surface area contributed by atoms with Gasteiger partial charge in [-0.3, -0.25) is 4.79 Å². The van der Waals surface area contributed by atoms with Gasteiger partial charge in [0.05, 0.1) is 7.11 Å². The smallest absolute Gasteiger partial charge is 0.216 e. The highest BCUT2D eigenvalue weighted by Crippen LogP contribution is 2.31. The molecule has 118 valence electrons. The van der Waals surface area contributed by atoms with E-state index in [4.69, 9.17) is 4.74 Å². The standard InChI is InChI=1S/C19H20N2O2/c1-13(22)20-11-17(14-7-9-15(23-2)10-8-14)18-12-21-19-6-4-3-5-16(18)19/h3-10,12,17,21H,11H2,1-2H3,(H,20,22)/t17-/m0/s1. The van der Waals surface area contributed by atoms with Crippen LogP contribution in [0.1, 0.15) is 24.0 Å². The summed E-state index contributed by atoms with van der Waals surface area (Å²) in [4.78, 5) is 14.7. The molecule has 0 aliphatic carbocycles. The van der Waals surface area contributed by atoms with Crippen molar-refractivity contribution in [2.45, 2.75) is 12.8 Å². The SMILES string of the molecule is COc1ccc([C@H](CNC(C)=O)c2c[nH]c3ccccc23)cc1. The number of benzene rings is 2. The Morgan fingerprint density at radius 3 is 2.61 bits per heavy atom. The Morgan fingerprint density at radius 1 is 1.17 bits per heavy atom. The van der Waals surface area contributed by atoms with E-state index in [0.717, 1.165) is 16.8 Å². The lowest BCUT2D eigenvalue weighted by atomic mass is 9.91. The van der Waals surface area contributed by atoms with E-state index in [9.17, 15) is 4.79 Å². The molecule has 0 aliphatic heterocycles. The molecule has 0 unspecified atom stereocenters. The van der Waals surface area contributed by atoms with E-state index in [-0.39, 0.29) is 11.8 Å². The summed E-state index contributed by atoms with van der Waals surface area (Å²) in [5.41, 5.74) is 3.42. The largest absolute Gasteiger partial charge is 0.497 e. The molecule has 0 saturated heterocycles. The summed E-state index contributed by atoms with van der Waals surface area (Å²) < 4.78 is 5.23. The Kier molecular flexibility index (Phi) is 4.33. The molecule has 2 N–H and O–H groups in total. The Labute approximate surface area is 135 Å². The number of ether oxygens (including phenoxy) is 1. The van der Waals surface area contributed by atoms with E-state index in [1.54, 1.807) is 14.0 Å². The molecule has 0 fully saturated rings. The minimum absolute atomic E-state index is 0.0247. The summed E-state index contributed by atoms with van der Waals surface area (Å²) in [7, 11) is 1.66. The molecule has 0 spiro atoms. The Balaban J connectivity index is 2.02. The van der Waals surface area contributed by atoms with Crippen LogP contribution < -0.4 is 10.1 Å². The highest BCUT2D eigenvalue weighted by Gasteiger charge is 2.18. The van der Waals surface area contributed by atoms with E-state index in [2.05, 4.69) is 22.4 Å². The zero-order chi connectivity index (χ0) is 16.2. The van der Waals surface area contributed by atoms with Gasteiger partial charge in [0.1, 0.15) is 5.75 Å². The van der Waals surface area contributed by atoms with Gasteiger partial charge in [-0.2, -0.15) is 0 Å². The third-order valence-corrected chi connectivity index (χ3v) is 4.07. The van der Waals surface area contributed by atoms with Gasteiger partial charge in [-0.15, -0.1) is 0 Å². The van der Waals surface area contributed by atoms with Crippen molar-refractivity contribution in [1.29, 1.82) is 0 Å². The second-order valence-corrected chi connectivity index (χ2v) is 5.55. The number of hydrogen-bond donors (Lipinski definition) is 2. The summed E-state index contributed by atoms with van der Waals surface area (Å²) >= 11 is 0. The summed E-state index contributed by atoms with van der Waals surface area (Å²) in [5.74, 6) is 0.885. The molecule has 1 aromatic heterocycles. The first-order chi connectivity index (χ1) is 11.2. The maximum atomic E-state index is 11.4. The fourth-order valence-corrected chi connectivity index (χ4v) is 2.87. The normalized spacial score (nSPS) is 12.1. The van der Waals surface area contributed by atoms with Crippen LogP contribution in [0.2, 0.25) is 0 Å². The second kappa shape index (κ2) is 6.57. The molecule has 0 radical (unpaired) electrons. The average Bonchev–Trinajstić information content (AvgIpc) is 2.99. The van der Waals surface area contributed by atoms with Crippen molar-refractivity contribution >= 4 is 16.8 Å². The van der Waals surface area contributed by atoms with Crippen molar-refractivity contribution in [3.8, 4) is 5.75 Å². The number of H-pyrrole nitrogens is 1. The van der Waals surface area contributed by atoms with Crippen LogP contribution in [0.25, 0.3) is 10.9 Å². The van der Waals surface area contributed by atoms with E-state index in [0.29, 0.717) is 6.54 Å². The minimum Gasteiger partial charge on any atom is -0.497 e. The number of aromatic amines is 1. The van der Waals surface area contributed by atoms with Crippen molar-refractivity contribution in [2.24, 2.45) is 0 Å².